The second-order valence-electron chi connectivity index (χ2n) is 3.71. The zero-order valence-corrected chi connectivity index (χ0v) is 7.51. The quantitative estimate of drug-likeness (QED) is 0.531. The molecule has 1 rings (SSSR count). The number of aliphatic hydroxyl groups is 1. The fourth-order valence-electron chi connectivity index (χ4n) is 1.53. The normalized spacial score (nSPS) is 33.9. The van der Waals surface area contributed by atoms with Crippen molar-refractivity contribution in [3.63, 3.8) is 0 Å². The molecule has 1 nitrogen and oxygen atoms in total. The second kappa shape index (κ2) is 3.91. The predicted octanol–water partition coefficient (Wildman–Crippen LogP) is 2.50. The zero-order chi connectivity index (χ0) is 8.27. The summed E-state index contributed by atoms with van der Waals surface area (Å²) in [7, 11) is 0. The topological polar surface area (TPSA) is 20.2 Å². The standard InChI is InChI=1S/C10H18O/c1-8-4-3-5-10(11)9(2)7-6-8/h4,9-11H,3,5-7H2,1-2H3. The first-order valence-corrected chi connectivity index (χ1v) is 4.54. The molecular formula is C10H18O. The highest BCUT2D eigenvalue weighted by atomic mass is 16.3. The summed E-state index contributed by atoms with van der Waals surface area (Å²) >= 11 is 0. The molecule has 0 heterocycles. The van der Waals surface area contributed by atoms with Crippen molar-refractivity contribution in [3.05, 3.63) is 11.6 Å². The van der Waals surface area contributed by atoms with Crippen molar-refractivity contribution < 1.29 is 5.11 Å². The summed E-state index contributed by atoms with van der Waals surface area (Å²) in [4.78, 5) is 0. The van der Waals surface area contributed by atoms with Crippen LogP contribution in [-0.4, -0.2) is 11.2 Å². The summed E-state index contributed by atoms with van der Waals surface area (Å²) in [6.45, 7) is 4.33. The van der Waals surface area contributed by atoms with Gasteiger partial charge in [0.15, 0.2) is 0 Å². The van der Waals surface area contributed by atoms with E-state index in [1.54, 1.807) is 0 Å². The molecule has 1 N–H and O–H groups in total. The maximum Gasteiger partial charge on any atom is 0.0568 e. The highest BCUT2D eigenvalue weighted by Gasteiger charge is 2.14. The monoisotopic (exact) mass is 154 g/mol. The van der Waals surface area contributed by atoms with Gasteiger partial charge in [-0.2, -0.15) is 0 Å². The fraction of sp³-hybridized carbons (Fsp3) is 0.800. The Kier molecular flexibility index (Phi) is 3.13. The van der Waals surface area contributed by atoms with E-state index in [9.17, 15) is 5.11 Å². The second-order valence-corrected chi connectivity index (χ2v) is 3.71. The molecule has 0 spiro atoms. The average Bonchev–Trinajstić information content (AvgIpc) is 1.98. The molecule has 2 unspecified atom stereocenters. The molecule has 0 aromatic carbocycles. The molecule has 0 amide bonds. The third-order valence-corrected chi connectivity index (χ3v) is 2.61. The summed E-state index contributed by atoms with van der Waals surface area (Å²) in [6.07, 6.45) is 6.49. The Labute approximate surface area is 69.1 Å². The van der Waals surface area contributed by atoms with Gasteiger partial charge in [-0.1, -0.05) is 18.6 Å². The number of hydrogen-bond donors (Lipinski definition) is 1. The van der Waals surface area contributed by atoms with E-state index in [0.29, 0.717) is 5.92 Å². The van der Waals surface area contributed by atoms with Crippen molar-refractivity contribution in [2.45, 2.75) is 45.6 Å². The summed E-state index contributed by atoms with van der Waals surface area (Å²) < 4.78 is 0. The van der Waals surface area contributed by atoms with E-state index >= 15 is 0 Å². The Hall–Kier alpha value is -0.300. The van der Waals surface area contributed by atoms with Crippen molar-refractivity contribution >= 4 is 0 Å². The van der Waals surface area contributed by atoms with Crippen LogP contribution >= 0.6 is 0 Å². The van der Waals surface area contributed by atoms with Gasteiger partial charge in [-0.3, -0.25) is 0 Å². The van der Waals surface area contributed by atoms with Crippen LogP contribution in [0.15, 0.2) is 11.6 Å². The lowest BCUT2D eigenvalue weighted by atomic mass is 9.90. The van der Waals surface area contributed by atoms with Gasteiger partial charge in [0.25, 0.3) is 0 Å². The molecule has 0 bridgehead atoms. The van der Waals surface area contributed by atoms with Crippen molar-refractivity contribution in [2.24, 2.45) is 5.92 Å². The lowest BCUT2D eigenvalue weighted by Gasteiger charge is -2.20. The highest BCUT2D eigenvalue weighted by Crippen LogP contribution is 2.21. The van der Waals surface area contributed by atoms with Crippen LogP contribution in [0.3, 0.4) is 0 Å². The smallest absolute Gasteiger partial charge is 0.0568 e. The lowest BCUT2D eigenvalue weighted by molar-refractivity contribution is 0.102. The Morgan fingerprint density at radius 1 is 1.45 bits per heavy atom. The largest absolute Gasteiger partial charge is 0.393 e. The first-order valence-electron chi connectivity index (χ1n) is 4.54. The summed E-state index contributed by atoms with van der Waals surface area (Å²) in [5.41, 5.74) is 1.49. The Morgan fingerprint density at radius 2 is 2.18 bits per heavy atom. The SMILES string of the molecule is CC1=CCCC(O)C(C)CC1. The van der Waals surface area contributed by atoms with Gasteiger partial charge in [-0.25, -0.2) is 0 Å². The summed E-state index contributed by atoms with van der Waals surface area (Å²) in [6, 6.07) is 0. The average molecular weight is 154 g/mol. The van der Waals surface area contributed by atoms with E-state index in [-0.39, 0.29) is 6.10 Å². The van der Waals surface area contributed by atoms with Gasteiger partial charge >= 0.3 is 0 Å². The highest BCUT2D eigenvalue weighted by molar-refractivity contribution is 4.99. The minimum Gasteiger partial charge on any atom is -0.393 e. The van der Waals surface area contributed by atoms with Gasteiger partial charge < -0.3 is 5.11 Å². The molecule has 64 valence electrons. The van der Waals surface area contributed by atoms with E-state index in [4.69, 9.17) is 0 Å². The van der Waals surface area contributed by atoms with Gasteiger partial charge in [0, 0.05) is 0 Å². The molecule has 1 aliphatic carbocycles. The first kappa shape index (κ1) is 8.79. The molecule has 0 saturated carbocycles. The number of rotatable bonds is 0. The zero-order valence-electron chi connectivity index (χ0n) is 7.51. The third-order valence-electron chi connectivity index (χ3n) is 2.61. The van der Waals surface area contributed by atoms with Gasteiger partial charge in [0.2, 0.25) is 0 Å². The van der Waals surface area contributed by atoms with E-state index in [0.717, 1.165) is 25.7 Å². The molecule has 0 aromatic heterocycles. The van der Waals surface area contributed by atoms with Crippen LogP contribution in [0, 0.1) is 5.92 Å². The number of hydrogen-bond acceptors (Lipinski definition) is 1. The lowest BCUT2D eigenvalue weighted by Crippen LogP contribution is -2.18. The van der Waals surface area contributed by atoms with Crippen LogP contribution in [0.2, 0.25) is 0 Å². The first-order chi connectivity index (χ1) is 5.20. The van der Waals surface area contributed by atoms with Gasteiger partial charge in [0.05, 0.1) is 6.10 Å². The van der Waals surface area contributed by atoms with Crippen LogP contribution in [0.25, 0.3) is 0 Å². The molecule has 0 fully saturated rings. The van der Waals surface area contributed by atoms with Crippen LogP contribution in [0.5, 0.6) is 0 Å². The Morgan fingerprint density at radius 3 is 2.91 bits per heavy atom. The summed E-state index contributed by atoms with van der Waals surface area (Å²) in [5.74, 6) is 0.485. The minimum absolute atomic E-state index is 0.0700. The maximum absolute atomic E-state index is 9.54. The summed E-state index contributed by atoms with van der Waals surface area (Å²) in [5, 5.41) is 9.54. The molecular weight excluding hydrogens is 136 g/mol. The van der Waals surface area contributed by atoms with Crippen molar-refractivity contribution in [1.82, 2.24) is 0 Å². The molecule has 0 aliphatic heterocycles. The molecule has 0 radical (unpaired) electrons. The van der Waals surface area contributed by atoms with Crippen molar-refractivity contribution in [2.75, 3.05) is 0 Å². The van der Waals surface area contributed by atoms with Crippen molar-refractivity contribution in [3.8, 4) is 0 Å². The van der Waals surface area contributed by atoms with E-state index in [1.807, 2.05) is 0 Å². The molecule has 11 heavy (non-hydrogen) atoms. The molecule has 1 heteroatoms. The van der Waals surface area contributed by atoms with Gasteiger partial charge in [-0.05, 0) is 38.5 Å². The van der Waals surface area contributed by atoms with Crippen molar-refractivity contribution in [1.29, 1.82) is 0 Å². The minimum atomic E-state index is -0.0700. The van der Waals surface area contributed by atoms with E-state index in [1.165, 1.54) is 5.57 Å². The third kappa shape index (κ3) is 2.66. The predicted molar refractivity (Wildman–Crippen MR) is 47.4 cm³/mol. The van der Waals surface area contributed by atoms with Crippen LogP contribution in [0.4, 0.5) is 0 Å². The number of aliphatic hydroxyl groups excluding tert-OH is 1. The van der Waals surface area contributed by atoms with Gasteiger partial charge in [-0.15, -0.1) is 0 Å². The molecule has 0 saturated heterocycles. The van der Waals surface area contributed by atoms with Crippen LogP contribution < -0.4 is 0 Å². The maximum atomic E-state index is 9.54. The van der Waals surface area contributed by atoms with Crippen LogP contribution in [0.1, 0.15) is 39.5 Å². The van der Waals surface area contributed by atoms with Crippen LogP contribution in [-0.2, 0) is 0 Å². The fourth-order valence-corrected chi connectivity index (χ4v) is 1.53. The number of allylic oxidation sites excluding steroid dienone is 2. The Bertz CT molecular complexity index is 149. The molecule has 2 atom stereocenters. The van der Waals surface area contributed by atoms with Gasteiger partial charge in [0.1, 0.15) is 0 Å². The molecule has 1 aliphatic rings. The van der Waals surface area contributed by atoms with E-state index in [2.05, 4.69) is 19.9 Å². The van der Waals surface area contributed by atoms with E-state index < -0.39 is 0 Å². The Balaban J connectivity index is 2.49. The molecule has 0 aromatic rings.